The maximum absolute atomic E-state index is 12.3. The van der Waals surface area contributed by atoms with Gasteiger partial charge in [0.25, 0.3) is 5.91 Å². The number of carbonyl (C=O) groups is 1. The fourth-order valence-electron chi connectivity index (χ4n) is 3.48. The minimum Gasteiger partial charge on any atom is -0.361 e. The van der Waals surface area contributed by atoms with Crippen LogP contribution in [0.1, 0.15) is 49.4 Å². The maximum Gasteiger partial charge on any atom is 0.257 e. The highest BCUT2D eigenvalue weighted by Gasteiger charge is 2.30. The van der Waals surface area contributed by atoms with Crippen molar-refractivity contribution in [1.82, 2.24) is 10.3 Å². The number of carbonyl (C=O) groups excluding carboxylic acids is 1. The lowest BCUT2D eigenvalue weighted by Gasteiger charge is -2.18. The van der Waals surface area contributed by atoms with Crippen LogP contribution in [0.25, 0.3) is 0 Å². The number of benzene rings is 1. The summed E-state index contributed by atoms with van der Waals surface area (Å²) in [5, 5.41) is 3.01. The number of unbranched alkanes of at least 4 members (excludes halogenated alkanes) is 4. The highest BCUT2D eigenvalue weighted by molar-refractivity contribution is 5.93. The number of ether oxygens (including phenoxy) is 1. The predicted octanol–water partition coefficient (Wildman–Crippen LogP) is 2.71. The van der Waals surface area contributed by atoms with Gasteiger partial charge in [0.05, 0.1) is 5.56 Å². The second-order valence-electron chi connectivity index (χ2n) is 7.19. The van der Waals surface area contributed by atoms with E-state index in [9.17, 15) is 4.79 Å². The number of hydrogen-bond donors (Lipinski definition) is 2. The first-order valence-corrected chi connectivity index (χ1v) is 10.2. The zero-order valence-corrected chi connectivity index (χ0v) is 16.7. The fraction of sp³-hybridized carbons (Fsp3) is 0.455. The molecule has 28 heavy (non-hydrogen) atoms. The monoisotopic (exact) mass is 383 g/mol. The molecule has 1 aromatic heterocycles. The molecule has 150 valence electrons. The Morgan fingerprint density at radius 3 is 2.86 bits per heavy atom. The molecule has 0 saturated heterocycles. The topological polar surface area (TPSA) is 58.9 Å². The van der Waals surface area contributed by atoms with Crippen LogP contribution < -0.4 is 15.1 Å². The number of nitrogens with zero attached hydrogens (tertiary/aromatic N) is 2. The Labute approximate surface area is 167 Å². The van der Waals surface area contributed by atoms with Crippen LogP contribution in [0, 0.1) is 0 Å². The number of rotatable bonds is 11. The van der Waals surface area contributed by atoms with Gasteiger partial charge in [-0.15, -0.1) is 0 Å². The van der Waals surface area contributed by atoms with Gasteiger partial charge in [-0.1, -0.05) is 44.7 Å². The van der Waals surface area contributed by atoms with Gasteiger partial charge in [-0.05, 0) is 24.6 Å². The van der Waals surface area contributed by atoms with Crippen molar-refractivity contribution in [1.29, 1.82) is 0 Å². The Morgan fingerprint density at radius 1 is 1.18 bits per heavy atom. The normalized spacial score (nSPS) is 15.5. The summed E-state index contributed by atoms with van der Waals surface area (Å²) >= 11 is 0. The van der Waals surface area contributed by atoms with Gasteiger partial charge in [0, 0.05) is 25.1 Å². The Kier molecular flexibility index (Phi) is 7.82. The van der Waals surface area contributed by atoms with Gasteiger partial charge in [-0.2, -0.15) is 0 Å². The van der Waals surface area contributed by atoms with Gasteiger partial charge in [0.2, 0.25) is 0 Å². The number of amides is 1. The molecular weight excluding hydrogens is 352 g/mol. The van der Waals surface area contributed by atoms with E-state index in [2.05, 4.69) is 34.3 Å². The molecule has 6 nitrogen and oxygen atoms in total. The third-order valence-electron chi connectivity index (χ3n) is 5.03. The standard InChI is InChI=1S/C22H30N4O2/c1-2-3-4-5-8-14-28-18-26-17-25(20-11-6-7-12-21(20)26)16-24-22(27)19-10-9-13-23-15-19/h6-7,9-13,15H,2-5,8,14,16-18H2,1H3,(H,24,27)/p+1. The van der Waals surface area contributed by atoms with Crippen molar-refractivity contribution < 1.29 is 14.4 Å². The molecule has 2 N–H and O–H groups in total. The average molecular weight is 384 g/mol. The predicted molar refractivity (Wildman–Crippen MR) is 111 cm³/mol. The van der Waals surface area contributed by atoms with Crippen LogP contribution in [-0.2, 0) is 4.74 Å². The summed E-state index contributed by atoms with van der Waals surface area (Å²) in [7, 11) is 0. The van der Waals surface area contributed by atoms with Crippen LogP contribution in [0.4, 0.5) is 11.4 Å². The Balaban J connectivity index is 1.48. The summed E-state index contributed by atoms with van der Waals surface area (Å²) in [5.41, 5.74) is 2.96. The average Bonchev–Trinajstić information content (AvgIpc) is 3.10. The van der Waals surface area contributed by atoms with E-state index < -0.39 is 0 Å². The third kappa shape index (κ3) is 5.53. The molecule has 6 heteroatoms. The molecule has 2 heterocycles. The maximum atomic E-state index is 12.3. The summed E-state index contributed by atoms with van der Waals surface area (Å²) in [4.78, 5) is 19.8. The van der Waals surface area contributed by atoms with E-state index in [-0.39, 0.29) is 5.91 Å². The van der Waals surface area contributed by atoms with Gasteiger partial charge < -0.3 is 10.1 Å². The number of quaternary nitrogens is 1. The summed E-state index contributed by atoms with van der Waals surface area (Å²) in [6, 6.07) is 11.9. The van der Waals surface area contributed by atoms with E-state index in [1.165, 1.54) is 42.0 Å². The SMILES string of the molecule is CCCCCCCOCN1C[NH+](CNC(=O)c2cccnc2)c2ccccc21. The molecule has 0 bridgehead atoms. The van der Waals surface area contributed by atoms with E-state index >= 15 is 0 Å². The Morgan fingerprint density at radius 2 is 2.04 bits per heavy atom. The number of aromatic nitrogens is 1. The highest BCUT2D eigenvalue weighted by Crippen LogP contribution is 2.25. The van der Waals surface area contributed by atoms with E-state index in [0.29, 0.717) is 19.0 Å². The summed E-state index contributed by atoms with van der Waals surface area (Å²) in [6.45, 7) is 4.93. The van der Waals surface area contributed by atoms with Crippen LogP contribution in [-0.4, -0.2) is 37.6 Å². The first kappa shape index (κ1) is 20.3. The Hall–Kier alpha value is -2.44. The molecule has 3 rings (SSSR count). The fourth-order valence-corrected chi connectivity index (χ4v) is 3.48. The zero-order valence-electron chi connectivity index (χ0n) is 16.7. The van der Waals surface area contributed by atoms with Crippen molar-refractivity contribution >= 4 is 17.3 Å². The molecule has 1 aromatic carbocycles. The van der Waals surface area contributed by atoms with E-state index in [1.807, 2.05) is 12.1 Å². The molecule has 1 aliphatic heterocycles. The summed E-state index contributed by atoms with van der Waals surface area (Å²) in [6.07, 6.45) is 9.48. The van der Waals surface area contributed by atoms with E-state index in [4.69, 9.17) is 4.74 Å². The molecule has 1 atom stereocenters. The first-order valence-electron chi connectivity index (χ1n) is 10.2. The Bertz CT molecular complexity index is 738. The molecular formula is C22H31N4O2+. The lowest BCUT2D eigenvalue weighted by Crippen LogP contribution is -3.08. The second-order valence-corrected chi connectivity index (χ2v) is 7.19. The zero-order chi connectivity index (χ0) is 19.6. The number of hydrogen-bond acceptors (Lipinski definition) is 4. The van der Waals surface area contributed by atoms with Gasteiger partial charge in [-0.25, -0.2) is 0 Å². The van der Waals surface area contributed by atoms with Crippen molar-refractivity contribution in [3.63, 3.8) is 0 Å². The van der Waals surface area contributed by atoms with Crippen molar-refractivity contribution in [3.8, 4) is 0 Å². The number of anilines is 1. The van der Waals surface area contributed by atoms with Gasteiger partial charge in [0.1, 0.15) is 12.4 Å². The molecule has 2 aromatic rings. The quantitative estimate of drug-likeness (QED) is 0.586. The number of fused-ring (bicyclic) bond motifs is 1. The lowest BCUT2D eigenvalue weighted by atomic mass is 10.2. The minimum absolute atomic E-state index is 0.0974. The highest BCUT2D eigenvalue weighted by atomic mass is 16.5. The number of nitrogens with one attached hydrogen (secondary N) is 2. The van der Waals surface area contributed by atoms with Crippen LogP contribution >= 0.6 is 0 Å². The van der Waals surface area contributed by atoms with Crippen LogP contribution in [0.3, 0.4) is 0 Å². The molecule has 0 aliphatic carbocycles. The first-order chi connectivity index (χ1) is 13.8. The summed E-state index contributed by atoms with van der Waals surface area (Å²) in [5.74, 6) is -0.0974. The van der Waals surface area contributed by atoms with Crippen LogP contribution in [0.15, 0.2) is 48.8 Å². The third-order valence-corrected chi connectivity index (χ3v) is 5.03. The second kappa shape index (κ2) is 10.8. The molecule has 0 saturated carbocycles. The molecule has 0 spiro atoms. The van der Waals surface area contributed by atoms with Crippen LogP contribution in [0.5, 0.6) is 0 Å². The lowest BCUT2D eigenvalue weighted by molar-refractivity contribution is -0.828. The van der Waals surface area contributed by atoms with Gasteiger partial charge in [-0.3, -0.25) is 19.6 Å². The number of para-hydroxylation sites is 2. The molecule has 1 aliphatic rings. The van der Waals surface area contributed by atoms with Crippen molar-refractivity contribution in [3.05, 3.63) is 54.4 Å². The van der Waals surface area contributed by atoms with Crippen molar-refractivity contribution in [2.45, 2.75) is 39.0 Å². The van der Waals surface area contributed by atoms with E-state index in [1.54, 1.807) is 24.5 Å². The van der Waals surface area contributed by atoms with Crippen LogP contribution in [0.2, 0.25) is 0 Å². The molecule has 1 amide bonds. The largest absolute Gasteiger partial charge is 0.361 e. The van der Waals surface area contributed by atoms with Crippen molar-refractivity contribution in [2.75, 3.05) is 31.6 Å². The molecule has 0 radical (unpaired) electrons. The van der Waals surface area contributed by atoms with Crippen molar-refractivity contribution in [2.24, 2.45) is 0 Å². The summed E-state index contributed by atoms with van der Waals surface area (Å²) < 4.78 is 5.91. The molecule has 1 unspecified atom stereocenters. The van der Waals surface area contributed by atoms with Gasteiger partial charge in [0.15, 0.2) is 19.0 Å². The minimum atomic E-state index is -0.0974. The smallest absolute Gasteiger partial charge is 0.257 e. The number of pyridine rings is 1. The van der Waals surface area contributed by atoms with Gasteiger partial charge >= 0.3 is 0 Å². The van der Waals surface area contributed by atoms with E-state index in [0.717, 1.165) is 19.7 Å². The molecule has 0 fully saturated rings.